The first-order valence-electron chi connectivity index (χ1n) is 25.6. The van der Waals surface area contributed by atoms with E-state index < -0.39 is 0 Å². The topological polar surface area (TPSA) is 21.3 Å². The third-order valence-electron chi connectivity index (χ3n) is 16.7. The SMILES string of the molecule is CC(C)(C)c1cc(N2c3cc4cc5c6ccccc6c6ccccc6c5cc4cc3B3c4c2cc2oc5ccccc5c2c4-c2cc4ccccc4c4c5c6ccccc6ccc5n3c24)cc(C(C)(C)C)c1. The predicted molar refractivity (Wildman–Crippen MR) is 310 cm³/mol. The molecule has 16 rings (SSSR count). The summed E-state index contributed by atoms with van der Waals surface area (Å²) in [6.07, 6.45) is 0. The van der Waals surface area contributed by atoms with E-state index in [2.05, 4.69) is 239 Å². The highest BCUT2D eigenvalue weighted by Gasteiger charge is 2.45. The van der Waals surface area contributed by atoms with Gasteiger partial charge >= 0.3 is 6.85 Å². The predicted octanol–water partition coefficient (Wildman–Crippen LogP) is 17.6. The molecule has 2 aliphatic heterocycles. The molecule has 3 nitrogen and oxygen atoms in total. The summed E-state index contributed by atoms with van der Waals surface area (Å²) in [6, 6.07) is 71.7. The Hall–Kier alpha value is -8.34. The second-order valence-electron chi connectivity index (χ2n) is 22.8. The van der Waals surface area contributed by atoms with E-state index in [1.54, 1.807) is 0 Å². The number of nitrogens with zero attached hydrogens (tertiary/aromatic N) is 2. The van der Waals surface area contributed by atoms with E-state index in [1.165, 1.54) is 136 Å². The highest BCUT2D eigenvalue weighted by molar-refractivity contribution is 6.90. The number of anilines is 3. The van der Waals surface area contributed by atoms with Crippen LogP contribution in [0.1, 0.15) is 52.7 Å². The molecule has 0 saturated carbocycles. The molecule has 72 heavy (non-hydrogen) atoms. The molecular weight excluding hydrogens is 872 g/mol. The minimum absolute atomic E-state index is 0.0934. The quantitative estimate of drug-likeness (QED) is 0.0929. The van der Waals surface area contributed by atoms with Crippen LogP contribution in [0.3, 0.4) is 0 Å². The molecule has 0 aliphatic carbocycles. The van der Waals surface area contributed by atoms with Gasteiger partial charge in [-0.15, -0.1) is 0 Å². The molecule has 2 aliphatic rings. The van der Waals surface area contributed by atoms with Crippen LogP contribution >= 0.6 is 0 Å². The Bertz CT molecular complexity index is 4750. The summed E-state index contributed by atoms with van der Waals surface area (Å²) >= 11 is 0. The van der Waals surface area contributed by atoms with Crippen molar-refractivity contribution in [2.75, 3.05) is 4.90 Å². The molecule has 4 heterocycles. The van der Waals surface area contributed by atoms with Gasteiger partial charge in [0.15, 0.2) is 0 Å². The maximum atomic E-state index is 7.10. The van der Waals surface area contributed by atoms with Gasteiger partial charge in [0.25, 0.3) is 0 Å². The van der Waals surface area contributed by atoms with Crippen LogP contribution < -0.4 is 15.8 Å². The van der Waals surface area contributed by atoms with Gasteiger partial charge in [-0.2, -0.15) is 0 Å². The monoisotopic (exact) mass is 920 g/mol. The zero-order chi connectivity index (χ0) is 48.1. The molecule has 0 saturated heterocycles. The van der Waals surface area contributed by atoms with Crippen LogP contribution in [0.15, 0.2) is 192 Å². The Balaban J connectivity index is 1.14. The third kappa shape index (κ3) is 5.26. The molecule has 4 heteroatoms. The lowest BCUT2D eigenvalue weighted by Gasteiger charge is -2.41. The number of aromatic nitrogens is 1. The van der Waals surface area contributed by atoms with Crippen molar-refractivity contribution in [1.82, 2.24) is 4.48 Å². The fourth-order valence-electron chi connectivity index (χ4n) is 13.3. The van der Waals surface area contributed by atoms with Gasteiger partial charge in [0, 0.05) is 61.3 Å². The van der Waals surface area contributed by atoms with Crippen molar-refractivity contribution >= 4 is 143 Å². The molecular formula is C68H49BN2O. The fraction of sp³-hybridized carbons (Fsp3) is 0.118. The van der Waals surface area contributed by atoms with Crippen LogP contribution in [0.4, 0.5) is 17.1 Å². The number of hydrogen-bond donors (Lipinski definition) is 0. The molecule has 0 N–H and O–H groups in total. The van der Waals surface area contributed by atoms with Crippen molar-refractivity contribution in [2.45, 2.75) is 52.4 Å². The molecule has 12 aromatic carbocycles. The number of hydrogen-bond acceptors (Lipinski definition) is 2. The highest BCUT2D eigenvalue weighted by atomic mass is 16.3. The zero-order valence-corrected chi connectivity index (χ0v) is 41.3. The molecule has 0 fully saturated rings. The number of para-hydroxylation sites is 1. The standard InChI is InChI=1S/C68H49BN2O/c1-67(2,3)42-34-43(68(4,5)6)36-44(35-42)70-57-33-41-31-53-50-24-14-12-22-48(50)47-21-11-13-23-49(47)52(53)30-40(41)32-55(57)69-65-58(70)37-60-62(51-25-15-16-26-59(51)72-60)63(65)54-29-39-18-8-10-20-46(39)64-61-45-19-9-7-17-38(45)27-28-56(61)71(69)66(54)64/h7-37H,1-6H3. The van der Waals surface area contributed by atoms with Crippen molar-refractivity contribution in [2.24, 2.45) is 0 Å². The van der Waals surface area contributed by atoms with Crippen LogP contribution in [0.25, 0.3) is 120 Å². The number of benzene rings is 12. The van der Waals surface area contributed by atoms with E-state index in [9.17, 15) is 0 Å². The summed E-state index contributed by atoms with van der Waals surface area (Å²) < 4.78 is 9.84. The van der Waals surface area contributed by atoms with Crippen molar-refractivity contribution < 1.29 is 4.42 Å². The second-order valence-corrected chi connectivity index (χ2v) is 22.8. The summed E-state index contributed by atoms with van der Waals surface area (Å²) in [4.78, 5) is 2.62. The van der Waals surface area contributed by atoms with Crippen LogP contribution in [0.2, 0.25) is 0 Å². The maximum absolute atomic E-state index is 7.10. The third-order valence-corrected chi connectivity index (χ3v) is 16.7. The summed E-state index contributed by atoms with van der Waals surface area (Å²) in [5.74, 6) is 0. The fourth-order valence-corrected chi connectivity index (χ4v) is 13.3. The lowest BCUT2D eigenvalue weighted by molar-refractivity contribution is 0.569. The van der Waals surface area contributed by atoms with Gasteiger partial charge in [0.1, 0.15) is 11.2 Å². The van der Waals surface area contributed by atoms with Crippen LogP contribution in [-0.2, 0) is 10.8 Å². The Kier molecular flexibility index (Phi) is 7.71. The Morgan fingerprint density at radius 3 is 1.61 bits per heavy atom. The van der Waals surface area contributed by atoms with Gasteiger partial charge in [0.2, 0.25) is 0 Å². The van der Waals surface area contributed by atoms with Gasteiger partial charge in [0.05, 0.1) is 0 Å². The zero-order valence-electron chi connectivity index (χ0n) is 41.3. The minimum Gasteiger partial charge on any atom is -0.456 e. The average Bonchev–Trinajstić information content (AvgIpc) is 3.96. The number of rotatable bonds is 1. The van der Waals surface area contributed by atoms with Crippen LogP contribution in [0, 0.1) is 0 Å². The van der Waals surface area contributed by atoms with Gasteiger partial charge < -0.3 is 13.8 Å². The second kappa shape index (κ2) is 13.7. The highest BCUT2D eigenvalue weighted by Crippen LogP contribution is 2.53. The van der Waals surface area contributed by atoms with Crippen molar-refractivity contribution in [1.29, 1.82) is 0 Å². The minimum atomic E-state index is -0.171. The van der Waals surface area contributed by atoms with E-state index in [4.69, 9.17) is 4.42 Å². The molecule has 2 aromatic heterocycles. The van der Waals surface area contributed by atoms with Gasteiger partial charge in [-0.3, -0.25) is 0 Å². The first-order valence-corrected chi connectivity index (χ1v) is 25.6. The van der Waals surface area contributed by atoms with Crippen molar-refractivity contribution in [3.05, 3.63) is 199 Å². The molecule has 0 radical (unpaired) electrons. The van der Waals surface area contributed by atoms with Gasteiger partial charge in [-0.05, 0) is 152 Å². The van der Waals surface area contributed by atoms with E-state index in [-0.39, 0.29) is 17.7 Å². The number of furan rings is 1. The molecule has 0 bridgehead atoms. The summed E-state index contributed by atoms with van der Waals surface area (Å²) in [5.41, 5.74) is 15.4. The molecule has 0 spiro atoms. The molecule has 0 unspecified atom stereocenters. The summed E-state index contributed by atoms with van der Waals surface area (Å²) in [6.45, 7) is 13.9. The van der Waals surface area contributed by atoms with Gasteiger partial charge in [-0.25, -0.2) is 0 Å². The summed E-state index contributed by atoms with van der Waals surface area (Å²) in [5, 5.41) is 20.2. The first kappa shape index (κ1) is 40.4. The van der Waals surface area contributed by atoms with Gasteiger partial charge in [-0.1, -0.05) is 175 Å². The van der Waals surface area contributed by atoms with E-state index in [0.29, 0.717) is 0 Å². The largest absolute Gasteiger partial charge is 0.456 e. The summed E-state index contributed by atoms with van der Waals surface area (Å²) in [7, 11) is 0. The molecule has 0 atom stereocenters. The molecule has 14 aromatic rings. The smallest absolute Gasteiger partial charge is 0.333 e. The van der Waals surface area contributed by atoms with Crippen LogP contribution in [0.5, 0.6) is 0 Å². The Morgan fingerprint density at radius 1 is 0.403 bits per heavy atom. The normalized spacial score (nSPS) is 13.6. The molecule has 0 amide bonds. The Morgan fingerprint density at radius 2 is 0.958 bits per heavy atom. The lowest BCUT2D eigenvalue weighted by atomic mass is 9.44. The van der Waals surface area contributed by atoms with Crippen molar-refractivity contribution in [3.8, 4) is 11.1 Å². The average molecular weight is 921 g/mol. The van der Waals surface area contributed by atoms with Crippen LogP contribution in [-0.4, -0.2) is 11.3 Å². The molecule has 340 valence electrons. The Labute approximate surface area is 417 Å². The van der Waals surface area contributed by atoms with E-state index in [1.807, 2.05) is 0 Å². The number of fused-ring (bicyclic) bond motifs is 22. The lowest BCUT2D eigenvalue weighted by Crippen LogP contribution is -2.56. The maximum Gasteiger partial charge on any atom is 0.333 e. The van der Waals surface area contributed by atoms with E-state index >= 15 is 0 Å². The van der Waals surface area contributed by atoms with E-state index in [0.717, 1.165) is 22.2 Å². The first-order chi connectivity index (χ1) is 35.0. The van der Waals surface area contributed by atoms with Crippen molar-refractivity contribution in [3.63, 3.8) is 0 Å².